The number of sulfonamides is 1. The van der Waals surface area contributed by atoms with Gasteiger partial charge in [-0.25, -0.2) is 18.1 Å². The molecule has 0 fully saturated rings. The third kappa shape index (κ3) is 7.06. The Morgan fingerprint density at radius 3 is 2.39 bits per heavy atom. The summed E-state index contributed by atoms with van der Waals surface area (Å²) in [5, 5.41) is 3.29. The number of rotatable bonds is 7. The highest BCUT2D eigenvalue weighted by Crippen LogP contribution is 2.12. The molecule has 0 aliphatic rings. The van der Waals surface area contributed by atoms with Gasteiger partial charge in [-0.15, -0.1) is 24.0 Å². The Hall–Kier alpha value is -1.65. The van der Waals surface area contributed by atoms with Crippen LogP contribution < -0.4 is 10.0 Å². The second-order valence-electron chi connectivity index (χ2n) is 6.37. The first kappa shape index (κ1) is 24.4. The smallest absolute Gasteiger partial charge is 0.240 e. The molecule has 0 spiro atoms. The molecule has 8 heteroatoms. The molecular weight excluding hydrogens is 487 g/mol. The second kappa shape index (κ2) is 11.4. The van der Waals surface area contributed by atoms with Crippen LogP contribution >= 0.6 is 24.0 Å². The molecule has 0 bridgehead atoms. The number of aliphatic imine (C=N–C) groups is 1. The van der Waals surface area contributed by atoms with Crippen LogP contribution in [0.4, 0.5) is 0 Å². The van der Waals surface area contributed by atoms with Crippen molar-refractivity contribution in [1.29, 1.82) is 0 Å². The molecule has 0 saturated carbocycles. The van der Waals surface area contributed by atoms with E-state index >= 15 is 0 Å². The van der Waals surface area contributed by atoms with Crippen molar-refractivity contribution < 1.29 is 8.42 Å². The number of halogens is 1. The van der Waals surface area contributed by atoms with Gasteiger partial charge in [-0.3, -0.25) is 0 Å². The van der Waals surface area contributed by atoms with E-state index in [9.17, 15) is 8.42 Å². The highest BCUT2D eigenvalue weighted by molar-refractivity contribution is 14.0. The van der Waals surface area contributed by atoms with Crippen LogP contribution in [0.1, 0.15) is 23.6 Å². The van der Waals surface area contributed by atoms with Crippen LogP contribution in [0.3, 0.4) is 0 Å². The Morgan fingerprint density at radius 1 is 1.11 bits per heavy atom. The normalized spacial score (nSPS) is 11.6. The zero-order valence-corrected chi connectivity index (χ0v) is 19.9. The molecule has 6 nitrogen and oxygen atoms in total. The van der Waals surface area contributed by atoms with E-state index in [2.05, 4.69) is 51.1 Å². The quantitative estimate of drug-likeness (QED) is 0.337. The molecule has 154 valence electrons. The third-order valence-corrected chi connectivity index (χ3v) is 5.54. The number of nitrogens with one attached hydrogen (secondary N) is 2. The predicted octanol–water partition coefficient (Wildman–Crippen LogP) is 3.12. The van der Waals surface area contributed by atoms with Gasteiger partial charge < -0.3 is 10.2 Å². The minimum Gasteiger partial charge on any atom is -0.357 e. The standard InChI is InChI=1S/C20H28N4O2S.HI/c1-5-22-20(24(4)15-17-11-9-16(2)10-12-17)23-14-18-7-6-8-19(13-18)27(25,26)21-3;/h6-13,21H,5,14-15H2,1-4H3,(H,22,23);1H. The molecule has 2 rings (SSSR count). The van der Waals surface area contributed by atoms with Crippen molar-refractivity contribution in [2.45, 2.75) is 31.8 Å². The number of hydrogen-bond donors (Lipinski definition) is 2. The van der Waals surface area contributed by atoms with Gasteiger partial charge in [0.1, 0.15) is 0 Å². The average molecular weight is 516 g/mol. The van der Waals surface area contributed by atoms with Crippen LogP contribution in [0.25, 0.3) is 0 Å². The van der Waals surface area contributed by atoms with Crippen molar-refractivity contribution in [2.24, 2.45) is 4.99 Å². The Balaban J connectivity index is 0.00000392. The summed E-state index contributed by atoms with van der Waals surface area (Å²) in [5.41, 5.74) is 3.28. The molecule has 0 aromatic heterocycles. The van der Waals surface area contributed by atoms with E-state index < -0.39 is 10.0 Å². The summed E-state index contributed by atoms with van der Waals surface area (Å²) < 4.78 is 26.3. The molecule has 2 aromatic rings. The van der Waals surface area contributed by atoms with Crippen LogP contribution in [0.2, 0.25) is 0 Å². The minimum atomic E-state index is -3.45. The van der Waals surface area contributed by atoms with Crippen molar-refractivity contribution >= 4 is 40.0 Å². The summed E-state index contributed by atoms with van der Waals surface area (Å²) in [7, 11) is -0.0590. The Kier molecular flexibility index (Phi) is 9.91. The van der Waals surface area contributed by atoms with E-state index in [1.807, 2.05) is 20.0 Å². The van der Waals surface area contributed by atoms with Crippen molar-refractivity contribution in [2.75, 3.05) is 20.6 Å². The molecule has 0 saturated heterocycles. The lowest BCUT2D eigenvalue weighted by Crippen LogP contribution is -2.38. The lowest BCUT2D eigenvalue weighted by atomic mass is 10.1. The van der Waals surface area contributed by atoms with Crippen LogP contribution in [0.15, 0.2) is 58.4 Å². The first-order chi connectivity index (χ1) is 12.9. The summed E-state index contributed by atoms with van der Waals surface area (Å²) in [6.07, 6.45) is 0. The summed E-state index contributed by atoms with van der Waals surface area (Å²) in [6, 6.07) is 15.3. The molecule has 0 aliphatic carbocycles. The molecule has 0 heterocycles. The van der Waals surface area contributed by atoms with Crippen LogP contribution in [0, 0.1) is 6.92 Å². The summed E-state index contributed by atoms with van der Waals surface area (Å²) in [6.45, 7) is 5.98. The number of benzene rings is 2. The predicted molar refractivity (Wildman–Crippen MR) is 126 cm³/mol. The van der Waals surface area contributed by atoms with Gasteiger partial charge in [0.25, 0.3) is 0 Å². The number of hydrogen-bond acceptors (Lipinski definition) is 3. The topological polar surface area (TPSA) is 73.8 Å². The number of nitrogens with zero attached hydrogens (tertiary/aromatic N) is 2. The molecular formula is C20H29IN4O2S. The SMILES string of the molecule is CCNC(=NCc1cccc(S(=O)(=O)NC)c1)N(C)Cc1ccc(C)cc1.I. The molecule has 28 heavy (non-hydrogen) atoms. The fourth-order valence-corrected chi connectivity index (χ4v) is 3.41. The maximum absolute atomic E-state index is 12.0. The molecule has 2 N–H and O–H groups in total. The highest BCUT2D eigenvalue weighted by Gasteiger charge is 2.12. The fourth-order valence-electron chi connectivity index (χ4n) is 2.61. The zero-order valence-electron chi connectivity index (χ0n) is 16.8. The summed E-state index contributed by atoms with van der Waals surface area (Å²) in [5.74, 6) is 0.778. The van der Waals surface area contributed by atoms with Crippen LogP contribution in [0.5, 0.6) is 0 Å². The van der Waals surface area contributed by atoms with E-state index in [1.54, 1.807) is 18.2 Å². The van der Waals surface area contributed by atoms with Crippen molar-refractivity contribution in [1.82, 2.24) is 14.9 Å². The maximum atomic E-state index is 12.0. The van der Waals surface area contributed by atoms with Crippen molar-refractivity contribution in [3.63, 3.8) is 0 Å². The monoisotopic (exact) mass is 516 g/mol. The molecule has 0 unspecified atom stereocenters. The first-order valence-corrected chi connectivity index (χ1v) is 10.4. The summed E-state index contributed by atoms with van der Waals surface area (Å²) >= 11 is 0. The van der Waals surface area contributed by atoms with Gasteiger partial charge in [0, 0.05) is 20.1 Å². The molecule has 0 aliphatic heterocycles. The Morgan fingerprint density at radius 2 is 1.79 bits per heavy atom. The van der Waals surface area contributed by atoms with Crippen LogP contribution in [-0.2, 0) is 23.1 Å². The molecule has 2 aromatic carbocycles. The lowest BCUT2D eigenvalue weighted by Gasteiger charge is -2.22. The van der Waals surface area contributed by atoms with Gasteiger partial charge in [-0.1, -0.05) is 42.0 Å². The Bertz CT molecular complexity index is 883. The maximum Gasteiger partial charge on any atom is 0.240 e. The van der Waals surface area contributed by atoms with Crippen molar-refractivity contribution in [3.8, 4) is 0 Å². The van der Waals surface area contributed by atoms with Gasteiger partial charge in [-0.2, -0.15) is 0 Å². The highest BCUT2D eigenvalue weighted by atomic mass is 127. The summed E-state index contributed by atoms with van der Waals surface area (Å²) in [4.78, 5) is 6.97. The zero-order chi connectivity index (χ0) is 19.9. The lowest BCUT2D eigenvalue weighted by molar-refractivity contribution is 0.476. The third-order valence-electron chi connectivity index (χ3n) is 4.13. The molecule has 0 atom stereocenters. The second-order valence-corrected chi connectivity index (χ2v) is 8.25. The van der Waals surface area contributed by atoms with Gasteiger partial charge >= 0.3 is 0 Å². The van der Waals surface area contributed by atoms with E-state index in [-0.39, 0.29) is 28.9 Å². The van der Waals surface area contributed by atoms with E-state index in [0.29, 0.717) is 6.54 Å². The van der Waals surface area contributed by atoms with Crippen molar-refractivity contribution in [3.05, 3.63) is 65.2 Å². The van der Waals surface area contributed by atoms with Gasteiger partial charge in [-0.05, 0) is 44.2 Å². The largest absolute Gasteiger partial charge is 0.357 e. The van der Waals surface area contributed by atoms with E-state index in [0.717, 1.165) is 24.6 Å². The molecule has 0 radical (unpaired) electrons. The van der Waals surface area contributed by atoms with Crippen LogP contribution in [-0.4, -0.2) is 39.9 Å². The Labute approximate surface area is 185 Å². The average Bonchev–Trinajstić information content (AvgIpc) is 2.67. The van der Waals surface area contributed by atoms with Gasteiger partial charge in [0.2, 0.25) is 10.0 Å². The first-order valence-electron chi connectivity index (χ1n) is 8.93. The fraction of sp³-hybridized carbons (Fsp3) is 0.350. The number of aryl methyl sites for hydroxylation is 1. The van der Waals surface area contributed by atoms with E-state index in [4.69, 9.17) is 0 Å². The number of guanidine groups is 1. The molecule has 0 amide bonds. The van der Waals surface area contributed by atoms with E-state index in [1.165, 1.54) is 18.2 Å². The van der Waals surface area contributed by atoms with Gasteiger partial charge in [0.05, 0.1) is 11.4 Å². The van der Waals surface area contributed by atoms with Gasteiger partial charge in [0.15, 0.2) is 5.96 Å². The minimum absolute atomic E-state index is 0.